The van der Waals surface area contributed by atoms with Crippen molar-refractivity contribution in [3.8, 4) is 0 Å². The van der Waals surface area contributed by atoms with Crippen molar-refractivity contribution in [3.63, 3.8) is 0 Å². The highest BCUT2D eigenvalue weighted by Crippen LogP contribution is 2.07. The Morgan fingerprint density at radius 1 is 1.50 bits per heavy atom. The van der Waals surface area contributed by atoms with Crippen LogP contribution in [0.25, 0.3) is 0 Å². The molecule has 1 amide bonds. The smallest absolute Gasteiger partial charge is 0.234 e. The standard InChI is InChI=1S/C9H18N2O2S/c1-13-5-2-10-9(12)8-11-3-6-14-7-4-11/h2-8H2,1H3,(H,10,12). The molecule has 0 aromatic rings. The molecule has 0 saturated carbocycles. The predicted molar refractivity (Wildman–Crippen MR) is 58.7 cm³/mol. The first kappa shape index (κ1) is 11.8. The van der Waals surface area contributed by atoms with Crippen LogP contribution in [0.4, 0.5) is 0 Å². The predicted octanol–water partition coefficient (Wildman–Crippen LogP) is -0.202. The van der Waals surface area contributed by atoms with Crippen LogP contribution in [0.3, 0.4) is 0 Å². The van der Waals surface area contributed by atoms with Crippen molar-refractivity contribution in [3.05, 3.63) is 0 Å². The first-order valence-electron chi connectivity index (χ1n) is 4.88. The highest BCUT2D eigenvalue weighted by atomic mass is 32.2. The highest BCUT2D eigenvalue weighted by Gasteiger charge is 2.13. The van der Waals surface area contributed by atoms with Gasteiger partial charge in [0.15, 0.2) is 0 Å². The van der Waals surface area contributed by atoms with Gasteiger partial charge in [-0.2, -0.15) is 11.8 Å². The molecule has 1 rings (SSSR count). The molecule has 1 aliphatic rings. The Labute approximate surface area is 89.4 Å². The Morgan fingerprint density at radius 3 is 2.86 bits per heavy atom. The van der Waals surface area contributed by atoms with Gasteiger partial charge in [0.05, 0.1) is 13.2 Å². The largest absolute Gasteiger partial charge is 0.383 e. The van der Waals surface area contributed by atoms with Crippen LogP contribution in [0.15, 0.2) is 0 Å². The van der Waals surface area contributed by atoms with Gasteiger partial charge in [0.25, 0.3) is 0 Å². The Balaban J connectivity index is 2.06. The maximum absolute atomic E-state index is 11.4. The molecule has 0 atom stereocenters. The Bertz CT molecular complexity index is 172. The Hall–Kier alpha value is -0.260. The van der Waals surface area contributed by atoms with Crippen molar-refractivity contribution in [1.82, 2.24) is 10.2 Å². The van der Waals surface area contributed by atoms with Gasteiger partial charge < -0.3 is 10.1 Å². The lowest BCUT2D eigenvalue weighted by Crippen LogP contribution is -2.42. The zero-order valence-electron chi connectivity index (χ0n) is 8.62. The van der Waals surface area contributed by atoms with Crippen LogP contribution in [-0.2, 0) is 9.53 Å². The number of nitrogens with zero attached hydrogens (tertiary/aromatic N) is 1. The molecule has 0 spiro atoms. The molecule has 0 radical (unpaired) electrons. The van der Waals surface area contributed by atoms with Crippen molar-refractivity contribution in [2.24, 2.45) is 0 Å². The molecule has 4 nitrogen and oxygen atoms in total. The van der Waals surface area contributed by atoms with Crippen LogP contribution in [-0.4, -0.2) is 62.2 Å². The summed E-state index contributed by atoms with van der Waals surface area (Å²) in [4.78, 5) is 13.6. The van der Waals surface area contributed by atoms with Crippen molar-refractivity contribution < 1.29 is 9.53 Å². The van der Waals surface area contributed by atoms with E-state index in [-0.39, 0.29) is 5.91 Å². The monoisotopic (exact) mass is 218 g/mol. The van der Waals surface area contributed by atoms with Gasteiger partial charge in [-0.15, -0.1) is 0 Å². The van der Waals surface area contributed by atoms with E-state index in [1.807, 2.05) is 11.8 Å². The van der Waals surface area contributed by atoms with E-state index < -0.39 is 0 Å². The second kappa shape index (κ2) is 7.09. The molecule has 0 aliphatic carbocycles. The number of hydrogen-bond acceptors (Lipinski definition) is 4. The summed E-state index contributed by atoms with van der Waals surface area (Å²) in [5.74, 6) is 2.39. The molecule has 5 heteroatoms. The molecule has 1 aliphatic heterocycles. The quantitative estimate of drug-likeness (QED) is 0.649. The lowest BCUT2D eigenvalue weighted by Gasteiger charge is -2.25. The van der Waals surface area contributed by atoms with Crippen molar-refractivity contribution in [1.29, 1.82) is 0 Å². The summed E-state index contributed by atoms with van der Waals surface area (Å²) in [5, 5.41) is 2.82. The van der Waals surface area contributed by atoms with E-state index in [2.05, 4.69) is 10.2 Å². The average molecular weight is 218 g/mol. The number of ether oxygens (including phenoxy) is 1. The van der Waals surface area contributed by atoms with E-state index in [9.17, 15) is 4.79 Å². The SMILES string of the molecule is COCCNC(=O)CN1CCSCC1. The van der Waals surface area contributed by atoms with Gasteiger partial charge in [-0.25, -0.2) is 0 Å². The van der Waals surface area contributed by atoms with E-state index in [1.54, 1.807) is 7.11 Å². The number of carbonyl (C=O) groups is 1. The zero-order chi connectivity index (χ0) is 10.2. The number of carbonyl (C=O) groups excluding carboxylic acids is 1. The van der Waals surface area contributed by atoms with Crippen LogP contribution in [0.5, 0.6) is 0 Å². The van der Waals surface area contributed by atoms with E-state index in [0.29, 0.717) is 19.7 Å². The second-order valence-corrected chi connectivity index (χ2v) is 4.46. The summed E-state index contributed by atoms with van der Waals surface area (Å²) < 4.78 is 4.85. The third-order valence-electron chi connectivity index (χ3n) is 2.10. The maximum Gasteiger partial charge on any atom is 0.234 e. The first-order valence-corrected chi connectivity index (χ1v) is 6.04. The van der Waals surface area contributed by atoms with Crippen molar-refractivity contribution in [2.75, 3.05) is 51.4 Å². The van der Waals surface area contributed by atoms with Gasteiger partial charge in [-0.3, -0.25) is 9.69 Å². The third kappa shape index (κ3) is 4.83. The van der Waals surface area contributed by atoms with Gasteiger partial charge in [-0.1, -0.05) is 0 Å². The number of amides is 1. The van der Waals surface area contributed by atoms with Gasteiger partial charge in [0.1, 0.15) is 0 Å². The summed E-state index contributed by atoms with van der Waals surface area (Å²) in [6.07, 6.45) is 0. The van der Waals surface area contributed by atoms with Crippen LogP contribution in [0.1, 0.15) is 0 Å². The molecule has 0 aromatic carbocycles. The number of rotatable bonds is 5. The fourth-order valence-corrected chi connectivity index (χ4v) is 2.29. The summed E-state index contributed by atoms with van der Waals surface area (Å²) in [6, 6.07) is 0. The molecule has 14 heavy (non-hydrogen) atoms. The number of methoxy groups -OCH3 is 1. The van der Waals surface area contributed by atoms with Gasteiger partial charge in [0.2, 0.25) is 5.91 Å². The van der Waals surface area contributed by atoms with Crippen LogP contribution >= 0.6 is 11.8 Å². The molecule has 1 saturated heterocycles. The average Bonchev–Trinajstić information content (AvgIpc) is 2.20. The van der Waals surface area contributed by atoms with Crippen molar-refractivity contribution in [2.45, 2.75) is 0 Å². The Kier molecular flexibility index (Phi) is 5.98. The van der Waals surface area contributed by atoms with E-state index in [0.717, 1.165) is 24.6 Å². The minimum Gasteiger partial charge on any atom is -0.383 e. The first-order chi connectivity index (χ1) is 6.83. The molecule has 0 unspecified atom stereocenters. The molecule has 1 fully saturated rings. The number of hydrogen-bond donors (Lipinski definition) is 1. The molecular weight excluding hydrogens is 200 g/mol. The normalized spacial score (nSPS) is 18.1. The molecule has 0 bridgehead atoms. The number of thioether (sulfide) groups is 1. The lowest BCUT2D eigenvalue weighted by molar-refractivity contribution is -0.122. The molecule has 1 N–H and O–H groups in total. The van der Waals surface area contributed by atoms with E-state index >= 15 is 0 Å². The molecular formula is C9H18N2O2S. The fourth-order valence-electron chi connectivity index (χ4n) is 1.31. The van der Waals surface area contributed by atoms with Crippen molar-refractivity contribution >= 4 is 17.7 Å². The van der Waals surface area contributed by atoms with Gasteiger partial charge in [0, 0.05) is 38.2 Å². The second-order valence-electron chi connectivity index (χ2n) is 3.23. The fraction of sp³-hybridized carbons (Fsp3) is 0.889. The third-order valence-corrected chi connectivity index (χ3v) is 3.04. The van der Waals surface area contributed by atoms with Gasteiger partial charge >= 0.3 is 0 Å². The van der Waals surface area contributed by atoms with Crippen LogP contribution < -0.4 is 5.32 Å². The maximum atomic E-state index is 11.4. The summed E-state index contributed by atoms with van der Waals surface area (Å²) >= 11 is 1.95. The minimum atomic E-state index is 0.106. The summed E-state index contributed by atoms with van der Waals surface area (Å²) in [6.45, 7) is 3.79. The summed E-state index contributed by atoms with van der Waals surface area (Å²) in [5.41, 5.74) is 0. The van der Waals surface area contributed by atoms with Crippen LogP contribution in [0, 0.1) is 0 Å². The minimum absolute atomic E-state index is 0.106. The van der Waals surface area contributed by atoms with Crippen LogP contribution in [0.2, 0.25) is 0 Å². The van der Waals surface area contributed by atoms with E-state index in [1.165, 1.54) is 0 Å². The Morgan fingerprint density at radius 2 is 2.21 bits per heavy atom. The topological polar surface area (TPSA) is 41.6 Å². The summed E-state index contributed by atoms with van der Waals surface area (Å²) in [7, 11) is 1.63. The molecule has 0 aromatic heterocycles. The number of nitrogens with one attached hydrogen (secondary N) is 1. The zero-order valence-corrected chi connectivity index (χ0v) is 9.44. The lowest BCUT2D eigenvalue weighted by atomic mass is 10.4. The highest BCUT2D eigenvalue weighted by molar-refractivity contribution is 7.99. The molecule has 1 heterocycles. The molecule has 82 valence electrons. The van der Waals surface area contributed by atoms with Gasteiger partial charge in [-0.05, 0) is 0 Å². The van der Waals surface area contributed by atoms with E-state index in [4.69, 9.17) is 4.74 Å².